The van der Waals surface area contributed by atoms with Crippen LogP contribution in [0.15, 0.2) is 24.3 Å². The highest BCUT2D eigenvalue weighted by molar-refractivity contribution is 5.98. The molecule has 0 spiro atoms. The Morgan fingerprint density at radius 1 is 1.12 bits per heavy atom. The van der Waals surface area contributed by atoms with Gasteiger partial charge in [-0.15, -0.1) is 0 Å². The first-order valence-corrected chi connectivity index (χ1v) is 8.77. The third-order valence-corrected chi connectivity index (χ3v) is 4.77. The molecule has 6 heteroatoms. The Hall–Kier alpha value is -1.85. The first-order valence-electron chi connectivity index (χ1n) is 8.77. The number of halogens is 3. The second-order valence-corrected chi connectivity index (χ2v) is 6.64. The fourth-order valence-corrected chi connectivity index (χ4v) is 3.22. The first-order chi connectivity index (χ1) is 11.8. The summed E-state index contributed by atoms with van der Waals surface area (Å²) in [6, 6.07) is 6.80. The van der Waals surface area contributed by atoms with E-state index in [4.69, 9.17) is 0 Å². The molecule has 2 unspecified atom stereocenters. The number of hydrogen-bond donors (Lipinski definition) is 1. The fraction of sp³-hybridized carbons (Fsp3) is 0.579. The van der Waals surface area contributed by atoms with Crippen molar-refractivity contribution >= 4 is 11.7 Å². The predicted molar refractivity (Wildman–Crippen MR) is 89.3 cm³/mol. The van der Waals surface area contributed by atoms with Gasteiger partial charge in [-0.05, 0) is 31.2 Å². The number of hydrogen-bond acceptors (Lipinski definition) is 2. The lowest BCUT2D eigenvalue weighted by atomic mass is 9.85. The number of ketones is 1. The summed E-state index contributed by atoms with van der Waals surface area (Å²) in [7, 11) is 0. The van der Waals surface area contributed by atoms with Crippen molar-refractivity contribution < 1.29 is 22.8 Å². The van der Waals surface area contributed by atoms with Crippen LogP contribution < -0.4 is 5.32 Å². The van der Waals surface area contributed by atoms with Crippen LogP contribution in [0.1, 0.15) is 61.4 Å². The number of rotatable bonds is 6. The molecule has 0 radical (unpaired) electrons. The van der Waals surface area contributed by atoms with E-state index in [0.717, 1.165) is 12.0 Å². The minimum Gasteiger partial charge on any atom is -0.353 e. The van der Waals surface area contributed by atoms with Gasteiger partial charge in [0, 0.05) is 24.4 Å². The summed E-state index contributed by atoms with van der Waals surface area (Å²) in [5, 5.41) is 2.65. The molecule has 2 atom stereocenters. The Labute approximate surface area is 146 Å². The van der Waals surface area contributed by atoms with Crippen molar-refractivity contribution in [2.75, 3.05) is 0 Å². The molecule has 25 heavy (non-hydrogen) atoms. The zero-order chi connectivity index (χ0) is 18.4. The van der Waals surface area contributed by atoms with Crippen molar-refractivity contribution in [2.45, 2.75) is 64.1 Å². The molecule has 0 aromatic heterocycles. The predicted octanol–water partition coefficient (Wildman–Crippen LogP) is 4.45. The van der Waals surface area contributed by atoms with E-state index in [2.05, 4.69) is 5.32 Å². The summed E-state index contributed by atoms with van der Waals surface area (Å²) >= 11 is 0. The number of nitrogens with one attached hydrogen (secondary N) is 1. The molecule has 1 fully saturated rings. The molecular weight excluding hydrogens is 331 g/mol. The quantitative estimate of drug-likeness (QED) is 0.767. The maximum Gasteiger partial charge on any atom is 0.391 e. The molecular formula is C19H24F3NO2. The number of carbonyl (C=O) groups excluding carboxylic acids is 2. The molecule has 1 aromatic rings. The molecule has 1 saturated carbocycles. The molecule has 3 nitrogen and oxygen atoms in total. The number of aryl methyl sites for hydroxylation is 1. The van der Waals surface area contributed by atoms with Gasteiger partial charge >= 0.3 is 6.18 Å². The topological polar surface area (TPSA) is 46.2 Å². The Bertz CT molecular complexity index is 596. The van der Waals surface area contributed by atoms with E-state index in [9.17, 15) is 22.8 Å². The van der Waals surface area contributed by atoms with Crippen molar-refractivity contribution in [1.29, 1.82) is 0 Å². The second-order valence-electron chi connectivity index (χ2n) is 6.64. The smallest absolute Gasteiger partial charge is 0.353 e. The highest BCUT2D eigenvalue weighted by Gasteiger charge is 2.42. The van der Waals surface area contributed by atoms with Gasteiger partial charge in [-0.25, -0.2) is 0 Å². The molecule has 0 bridgehead atoms. The second kappa shape index (κ2) is 8.50. The minimum absolute atomic E-state index is 0.00153. The lowest BCUT2D eigenvalue weighted by Crippen LogP contribution is -2.41. The van der Waals surface area contributed by atoms with Crippen LogP contribution >= 0.6 is 0 Å². The van der Waals surface area contributed by atoms with Crippen LogP contribution in [0.4, 0.5) is 13.2 Å². The SMILES string of the molecule is CCc1ccc(C(=O)CCC(=O)NC2CCCC(C(F)(F)F)C2)cc1. The van der Waals surface area contributed by atoms with E-state index in [1.165, 1.54) is 0 Å². The van der Waals surface area contributed by atoms with Crippen LogP contribution in [0.3, 0.4) is 0 Å². The average Bonchev–Trinajstić information content (AvgIpc) is 2.59. The van der Waals surface area contributed by atoms with Gasteiger partial charge in [-0.2, -0.15) is 13.2 Å². The third-order valence-electron chi connectivity index (χ3n) is 4.77. The summed E-state index contributed by atoms with van der Waals surface area (Å²) in [6.45, 7) is 2.02. The lowest BCUT2D eigenvalue weighted by Gasteiger charge is -2.31. The summed E-state index contributed by atoms with van der Waals surface area (Å²) in [5.74, 6) is -1.83. The number of amides is 1. The van der Waals surface area contributed by atoms with Crippen LogP contribution in [0.25, 0.3) is 0 Å². The highest BCUT2D eigenvalue weighted by Crippen LogP contribution is 2.37. The minimum atomic E-state index is -4.20. The Kier molecular flexibility index (Phi) is 6.62. The van der Waals surface area contributed by atoms with Gasteiger partial charge in [0.2, 0.25) is 5.91 Å². The zero-order valence-corrected chi connectivity index (χ0v) is 14.4. The van der Waals surface area contributed by atoms with Crippen molar-refractivity contribution in [1.82, 2.24) is 5.32 Å². The monoisotopic (exact) mass is 355 g/mol. The molecule has 1 amide bonds. The molecule has 1 N–H and O–H groups in total. The van der Waals surface area contributed by atoms with Gasteiger partial charge in [-0.3, -0.25) is 9.59 Å². The van der Waals surface area contributed by atoms with E-state index in [-0.39, 0.29) is 37.4 Å². The molecule has 138 valence electrons. The normalized spacial score (nSPS) is 21.0. The van der Waals surface area contributed by atoms with E-state index in [0.29, 0.717) is 18.4 Å². The number of alkyl halides is 3. The summed E-state index contributed by atoms with van der Waals surface area (Å²) < 4.78 is 38.4. The number of benzene rings is 1. The molecule has 0 saturated heterocycles. The molecule has 1 aliphatic rings. The van der Waals surface area contributed by atoms with Crippen molar-refractivity contribution in [2.24, 2.45) is 5.92 Å². The van der Waals surface area contributed by atoms with Gasteiger partial charge in [0.1, 0.15) is 0 Å². The van der Waals surface area contributed by atoms with Crippen LogP contribution in [0, 0.1) is 5.92 Å². The summed E-state index contributed by atoms with van der Waals surface area (Å²) in [4.78, 5) is 24.1. The van der Waals surface area contributed by atoms with Crippen LogP contribution in [0.5, 0.6) is 0 Å². The Balaban J connectivity index is 1.79. The van der Waals surface area contributed by atoms with Gasteiger partial charge < -0.3 is 5.32 Å². The van der Waals surface area contributed by atoms with Gasteiger partial charge in [-0.1, -0.05) is 37.6 Å². The molecule has 2 rings (SSSR count). The van der Waals surface area contributed by atoms with Crippen molar-refractivity contribution in [3.05, 3.63) is 35.4 Å². The first kappa shape index (κ1) is 19.5. The van der Waals surface area contributed by atoms with E-state index in [1.807, 2.05) is 19.1 Å². The zero-order valence-electron chi connectivity index (χ0n) is 14.4. The number of carbonyl (C=O) groups is 2. The highest BCUT2D eigenvalue weighted by atomic mass is 19.4. The Morgan fingerprint density at radius 3 is 2.40 bits per heavy atom. The molecule has 1 aliphatic carbocycles. The van der Waals surface area contributed by atoms with E-state index < -0.39 is 18.1 Å². The molecule has 0 heterocycles. The summed E-state index contributed by atoms with van der Waals surface area (Å²) in [6.07, 6.45) is -2.18. The number of Topliss-reactive ketones (excluding diaryl/α,β-unsaturated/α-hetero) is 1. The van der Waals surface area contributed by atoms with Crippen LogP contribution in [-0.2, 0) is 11.2 Å². The maximum absolute atomic E-state index is 12.8. The Morgan fingerprint density at radius 2 is 1.80 bits per heavy atom. The van der Waals surface area contributed by atoms with Gasteiger partial charge in [0.25, 0.3) is 0 Å². The van der Waals surface area contributed by atoms with Crippen LogP contribution in [0.2, 0.25) is 0 Å². The van der Waals surface area contributed by atoms with Crippen molar-refractivity contribution in [3.8, 4) is 0 Å². The molecule has 1 aromatic carbocycles. The maximum atomic E-state index is 12.8. The van der Waals surface area contributed by atoms with Gasteiger partial charge in [0.15, 0.2) is 5.78 Å². The summed E-state index contributed by atoms with van der Waals surface area (Å²) in [5.41, 5.74) is 1.69. The fourth-order valence-electron chi connectivity index (χ4n) is 3.22. The largest absolute Gasteiger partial charge is 0.391 e. The lowest BCUT2D eigenvalue weighted by molar-refractivity contribution is -0.184. The standard InChI is InChI=1S/C19H24F3NO2/c1-2-13-6-8-14(9-7-13)17(24)10-11-18(25)23-16-5-3-4-15(12-16)19(20,21)22/h6-9,15-16H,2-5,10-12H2,1H3,(H,23,25). The van der Waals surface area contributed by atoms with E-state index in [1.54, 1.807) is 12.1 Å². The molecule has 0 aliphatic heterocycles. The van der Waals surface area contributed by atoms with Crippen LogP contribution in [-0.4, -0.2) is 23.9 Å². The van der Waals surface area contributed by atoms with Crippen molar-refractivity contribution in [3.63, 3.8) is 0 Å². The van der Waals surface area contributed by atoms with E-state index >= 15 is 0 Å². The average molecular weight is 355 g/mol. The van der Waals surface area contributed by atoms with Gasteiger partial charge in [0.05, 0.1) is 5.92 Å². The third kappa shape index (κ3) is 5.87.